The molecule has 7 heteroatoms. The summed E-state index contributed by atoms with van der Waals surface area (Å²) in [5, 5.41) is 4.85. The Morgan fingerprint density at radius 3 is 2.84 bits per heavy atom. The van der Waals surface area contributed by atoms with Crippen LogP contribution in [0.2, 0.25) is 0 Å². The molecule has 32 heavy (non-hydrogen) atoms. The van der Waals surface area contributed by atoms with E-state index in [1.807, 2.05) is 41.0 Å². The normalized spacial score (nSPS) is 16.9. The lowest BCUT2D eigenvalue weighted by Gasteiger charge is -2.31. The minimum atomic E-state index is 0.312. The molecular weight excluding hydrogens is 402 g/mol. The van der Waals surface area contributed by atoms with E-state index in [2.05, 4.69) is 28.1 Å². The van der Waals surface area contributed by atoms with Crippen molar-refractivity contribution in [2.75, 3.05) is 27.3 Å². The molecule has 0 bridgehead atoms. The molecule has 4 heterocycles. The average molecular weight is 430 g/mol. The van der Waals surface area contributed by atoms with Gasteiger partial charge in [0, 0.05) is 42.5 Å². The van der Waals surface area contributed by atoms with E-state index in [4.69, 9.17) is 19.6 Å². The first-order chi connectivity index (χ1) is 15.7. The number of benzene rings is 1. The molecular formula is C25H27N5O2. The van der Waals surface area contributed by atoms with Crippen molar-refractivity contribution in [1.82, 2.24) is 24.5 Å². The first-order valence-electron chi connectivity index (χ1n) is 10.9. The molecule has 5 rings (SSSR count). The third kappa shape index (κ3) is 4.16. The second kappa shape index (κ2) is 8.96. The molecule has 7 nitrogen and oxygen atoms in total. The van der Waals surface area contributed by atoms with Gasteiger partial charge >= 0.3 is 0 Å². The van der Waals surface area contributed by atoms with Gasteiger partial charge in [-0.3, -0.25) is 4.90 Å². The molecule has 0 radical (unpaired) electrons. The second-order valence-corrected chi connectivity index (χ2v) is 8.17. The van der Waals surface area contributed by atoms with Crippen molar-refractivity contribution in [3.8, 4) is 22.8 Å². The fourth-order valence-corrected chi connectivity index (χ4v) is 4.43. The van der Waals surface area contributed by atoms with Crippen LogP contribution in [0.4, 0.5) is 0 Å². The molecule has 164 valence electrons. The second-order valence-electron chi connectivity index (χ2n) is 8.17. The maximum atomic E-state index is 5.43. The van der Waals surface area contributed by atoms with Crippen molar-refractivity contribution in [2.45, 2.75) is 25.3 Å². The van der Waals surface area contributed by atoms with E-state index in [1.54, 1.807) is 20.4 Å². The monoisotopic (exact) mass is 429 g/mol. The summed E-state index contributed by atoms with van der Waals surface area (Å²) in [5.74, 6) is 2.77. The Morgan fingerprint density at radius 1 is 1.03 bits per heavy atom. The maximum Gasteiger partial charge on any atom is 0.217 e. The van der Waals surface area contributed by atoms with Gasteiger partial charge in [0.2, 0.25) is 5.88 Å². The smallest absolute Gasteiger partial charge is 0.217 e. The van der Waals surface area contributed by atoms with Crippen molar-refractivity contribution >= 4 is 5.65 Å². The van der Waals surface area contributed by atoms with Crippen molar-refractivity contribution in [3.63, 3.8) is 0 Å². The molecule has 0 N–H and O–H groups in total. The Kier molecular flexibility index (Phi) is 5.73. The van der Waals surface area contributed by atoms with Crippen molar-refractivity contribution in [1.29, 1.82) is 0 Å². The van der Waals surface area contributed by atoms with Crippen LogP contribution >= 0.6 is 0 Å². The number of rotatable bonds is 6. The number of fused-ring (bicyclic) bond motifs is 1. The lowest BCUT2D eigenvalue weighted by atomic mass is 9.97. The SMILES string of the molecule is COc1cccc(-c2ccc3nc([C@H]4CCCN(Cc5cccnc5OC)C4)nn3c2)c1. The van der Waals surface area contributed by atoms with E-state index in [-0.39, 0.29) is 0 Å². The van der Waals surface area contributed by atoms with Crippen LogP contribution in [-0.2, 0) is 6.54 Å². The highest BCUT2D eigenvalue weighted by atomic mass is 16.5. The van der Waals surface area contributed by atoms with E-state index in [9.17, 15) is 0 Å². The van der Waals surface area contributed by atoms with Crippen molar-refractivity contribution in [3.05, 3.63) is 72.3 Å². The van der Waals surface area contributed by atoms with Crippen LogP contribution in [0.15, 0.2) is 60.9 Å². The van der Waals surface area contributed by atoms with Crippen LogP contribution in [0.5, 0.6) is 11.6 Å². The molecule has 0 spiro atoms. The van der Waals surface area contributed by atoms with Gasteiger partial charge in [-0.2, -0.15) is 5.10 Å². The van der Waals surface area contributed by atoms with E-state index in [0.29, 0.717) is 11.8 Å². The summed E-state index contributed by atoms with van der Waals surface area (Å²) >= 11 is 0. The zero-order valence-corrected chi connectivity index (χ0v) is 18.4. The third-order valence-electron chi connectivity index (χ3n) is 6.06. The van der Waals surface area contributed by atoms with E-state index in [1.165, 1.54) is 0 Å². The fourth-order valence-electron chi connectivity index (χ4n) is 4.43. The van der Waals surface area contributed by atoms with E-state index in [0.717, 1.165) is 66.4 Å². The lowest BCUT2D eigenvalue weighted by molar-refractivity contribution is 0.194. The fraction of sp³-hybridized carbons (Fsp3) is 0.320. The number of hydrogen-bond donors (Lipinski definition) is 0. The van der Waals surface area contributed by atoms with Gasteiger partial charge in [-0.25, -0.2) is 14.5 Å². The Balaban J connectivity index is 1.36. The largest absolute Gasteiger partial charge is 0.497 e. The summed E-state index contributed by atoms with van der Waals surface area (Å²) in [5.41, 5.74) is 4.17. The number of likely N-dealkylation sites (tertiary alicyclic amines) is 1. The van der Waals surface area contributed by atoms with Gasteiger partial charge in [0.1, 0.15) is 5.75 Å². The average Bonchev–Trinajstić information content (AvgIpc) is 3.28. The van der Waals surface area contributed by atoms with Gasteiger partial charge in [-0.15, -0.1) is 0 Å². The highest BCUT2D eigenvalue weighted by molar-refractivity contribution is 5.66. The van der Waals surface area contributed by atoms with Crippen molar-refractivity contribution in [2.24, 2.45) is 0 Å². The zero-order chi connectivity index (χ0) is 21.9. The molecule has 1 aliphatic rings. The third-order valence-corrected chi connectivity index (χ3v) is 6.06. The highest BCUT2D eigenvalue weighted by Crippen LogP contribution is 2.28. The summed E-state index contributed by atoms with van der Waals surface area (Å²) in [6, 6.07) is 16.2. The summed E-state index contributed by atoms with van der Waals surface area (Å²) in [6.45, 7) is 2.81. The Morgan fingerprint density at radius 2 is 1.97 bits per heavy atom. The molecule has 0 unspecified atom stereocenters. The summed E-state index contributed by atoms with van der Waals surface area (Å²) in [4.78, 5) is 11.6. The standard InChI is InChI=1S/C25H27N5O2/c1-31-22-9-3-6-18(14-22)19-10-11-23-27-24(28-30(23)17-19)20-8-5-13-29(15-20)16-21-7-4-12-26-25(21)32-2/h3-4,6-7,9-12,14,17,20H,5,8,13,15-16H2,1-2H3/t20-/m0/s1. The summed E-state index contributed by atoms with van der Waals surface area (Å²) in [6.07, 6.45) is 6.03. The molecule has 4 aromatic rings. The predicted octanol–water partition coefficient (Wildman–Crippen LogP) is 4.19. The highest BCUT2D eigenvalue weighted by Gasteiger charge is 2.25. The minimum absolute atomic E-state index is 0.312. The van der Waals surface area contributed by atoms with E-state index >= 15 is 0 Å². The van der Waals surface area contributed by atoms with Crippen molar-refractivity contribution < 1.29 is 9.47 Å². The van der Waals surface area contributed by atoms with Crippen LogP contribution < -0.4 is 9.47 Å². The van der Waals surface area contributed by atoms with Crippen LogP contribution in [-0.4, -0.2) is 51.8 Å². The number of methoxy groups -OCH3 is 2. The van der Waals surface area contributed by atoms with Gasteiger partial charge < -0.3 is 9.47 Å². The molecule has 0 amide bonds. The maximum absolute atomic E-state index is 5.43. The Bertz CT molecular complexity index is 1220. The molecule has 1 aliphatic heterocycles. The Hall–Kier alpha value is -3.45. The number of pyridine rings is 2. The van der Waals surface area contributed by atoms with Gasteiger partial charge in [0.05, 0.1) is 14.2 Å². The zero-order valence-electron chi connectivity index (χ0n) is 18.4. The molecule has 3 aromatic heterocycles. The number of nitrogens with zero attached hydrogens (tertiary/aromatic N) is 5. The van der Waals surface area contributed by atoms with Gasteiger partial charge in [0.15, 0.2) is 11.5 Å². The first kappa shape index (κ1) is 20.5. The number of ether oxygens (including phenoxy) is 2. The summed E-state index contributed by atoms with van der Waals surface area (Å²) in [7, 11) is 3.36. The predicted molar refractivity (Wildman–Crippen MR) is 123 cm³/mol. The Labute approximate surface area is 187 Å². The lowest BCUT2D eigenvalue weighted by Crippen LogP contribution is -2.34. The van der Waals surface area contributed by atoms with Crippen LogP contribution in [0.3, 0.4) is 0 Å². The van der Waals surface area contributed by atoms with Gasteiger partial charge in [-0.05, 0) is 55.3 Å². The van der Waals surface area contributed by atoms with Gasteiger partial charge in [0.25, 0.3) is 0 Å². The quantitative estimate of drug-likeness (QED) is 0.458. The molecule has 1 atom stereocenters. The molecule has 0 saturated carbocycles. The summed E-state index contributed by atoms with van der Waals surface area (Å²) < 4.78 is 12.7. The molecule has 1 saturated heterocycles. The number of hydrogen-bond acceptors (Lipinski definition) is 6. The molecule has 1 fully saturated rings. The van der Waals surface area contributed by atoms with Crippen LogP contribution in [0, 0.1) is 0 Å². The van der Waals surface area contributed by atoms with Crippen LogP contribution in [0.25, 0.3) is 16.8 Å². The van der Waals surface area contributed by atoms with Gasteiger partial charge in [-0.1, -0.05) is 18.2 Å². The number of aromatic nitrogens is 4. The van der Waals surface area contributed by atoms with E-state index < -0.39 is 0 Å². The molecule has 0 aliphatic carbocycles. The number of piperidine rings is 1. The topological polar surface area (TPSA) is 64.8 Å². The van der Waals surface area contributed by atoms with Crippen LogP contribution in [0.1, 0.15) is 30.1 Å². The first-order valence-corrected chi connectivity index (χ1v) is 10.9. The minimum Gasteiger partial charge on any atom is -0.497 e. The molecule has 1 aromatic carbocycles.